The zero-order valence-corrected chi connectivity index (χ0v) is 17.6. The van der Waals surface area contributed by atoms with Crippen LogP contribution in [0.4, 0.5) is 0 Å². The van der Waals surface area contributed by atoms with Crippen LogP contribution in [-0.2, 0) is 0 Å². The summed E-state index contributed by atoms with van der Waals surface area (Å²) >= 11 is 3.14. The smallest absolute Gasteiger partial charge is 0.260 e. The van der Waals surface area contributed by atoms with Gasteiger partial charge in [-0.1, -0.05) is 27.7 Å². The fraction of sp³-hybridized carbons (Fsp3) is 0.333. The number of nitrogens with zero attached hydrogens (tertiary/aromatic N) is 2. The lowest BCUT2D eigenvalue weighted by molar-refractivity contribution is 0.103. The number of rotatable bonds is 3. The molecule has 0 aliphatic carbocycles. The lowest BCUT2D eigenvalue weighted by Crippen LogP contribution is -2.10. The highest BCUT2D eigenvalue weighted by molar-refractivity contribution is 14.2. The van der Waals surface area contributed by atoms with Crippen molar-refractivity contribution < 1.29 is 4.79 Å². The summed E-state index contributed by atoms with van der Waals surface area (Å²) in [4.78, 5) is 37.9. The number of hydrogen-bond donors (Lipinski definition) is 3. The topological polar surface area (TPSA) is 91.5 Å². The molecule has 0 atom stereocenters. The van der Waals surface area contributed by atoms with Gasteiger partial charge in [-0.2, -0.15) is 0 Å². The van der Waals surface area contributed by atoms with Crippen LogP contribution >= 0.6 is 42.3 Å². The summed E-state index contributed by atoms with van der Waals surface area (Å²) < 4.78 is 0. The molecular weight excluding hydrogens is 459 g/mol. The van der Waals surface area contributed by atoms with Crippen LogP contribution in [0.3, 0.4) is 0 Å². The van der Waals surface area contributed by atoms with Crippen LogP contribution in [-0.4, -0.2) is 25.7 Å². The molecule has 0 radical (unpaired) electrons. The summed E-state index contributed by atoms with van der Waals surface area (Å²) in [5, 5.41) is 2.53. The normalized spacial score (nSPS) is 9.96. The molecule has 0 fully saturated rings. The number of thiazole rings is 1. The maximum atomic E-state index is 12.5. The van der Waals surface area contributed by atoms with Gasteiger partial charge in [0.25, 0.3) is 5.56 Å². The molecule has 0 aliphatic heterocycles. The van der Waals surface area contributed by atoms with Gasteiger partial charge in [0.2, 0.25) is 5.78 Å². The Hall–Kier alpha value is -1.20. The minimum absolute atomic E-state index is 0.258. The van der Waals surface area contributed by atoms with E-state index in [-0.39, 0.29) is 22.6 Å². The largest absolute Gasteiger partial charge is 0.345 e. The second-order valence-corrected chi connectivity index (χ2v) is 5.58. The van der Waals surface area contributed by atoms with Crippen molar-refractivity contribution in [2.75, 3.05) is 0 Å². The Labute approximate surface area is 161 Å². The van der Waals surface area contributed by atoms with Gasteiger partial charge >= 0.3 is 0 Å². The lowest BCUT2D eigenvalue weighted by Gasteiger charge is -1.97. The van der Waals surface area contributed by atoms with Gasteiger partial charge in [0.1, 0.15) is 5.65 Å². The first kappa shape index (κ1) is 20.8. The van der Waals surface area contributed by atoms with E-state index in [4.69, 9.17) is 0 Å². The fourth-order valence-corrected chi connectivity index (χ4v) is 2.85. The van der Waals surface area contributed by atoms with Crippen LogP contribution in [0.1, 0.15) is 54.7 Å². The SMILES string of the molecule is CC.CC(C)c1csc(C(=O)c2c[nH]c3nc[nH]c(=O)c23)n1.SI. The number of hydrogen-bond acceptors (Lipinski definition) is 6. The number of thiol groups is 1. The molecule has 0 bridgehead atoms. The Kier molecular flexibility index (Phi) is 8.63. The van der Waals surface area contributed by atoms with Crippen LogP contribution in [0.2, 0.25) is 0 Å². The van der Waals surface area contributed by atoms with Crippen molar-refractivity contribution in [3.8, 4) is 0 Å². The first-order chi connectivity index (χ1) is 11.6. The summed E-state index contributed by atoms with van der Waals surface area (Å²) in [7, 11) is 3.50. The Balaban J connectivity index is 0.000000671. The quantitative estimate of drug-likeness (QED) is 0.297. The molecule has 24 heavy (non-hydrogen) atoms. The van der Waals surface area contributed by atoms with Crippen LogP contribution in [0.15, 0.2) is 22.7 Å². The van der Waals surface area contributed by atoms with Crippen molar-refractivity contribution in [3.63, 3.8) is 0 Å². The molecule has 0 aromatic carbocycles. The fourth-order valence-electron chi connectivity index (χ4n) is 1.92. The molecule has 0 spiro atoms. The average molecular weight is 478 g/mol. The molecule has 0 aliphatic rings. The molecule has 3 heterocycles. The zero-order chi connectivity index (χ0) is 18.3. The number of aromatic nitrogens is 4. The van der Waals surface area contributed by atoms with E-state index in [0.29, 0.717) is 16.2 Å². The van der Waals surface area contributed by atoms with Gasteiger partial charge in [0, 0.05) is 11.6 Å². The van der Waals surface area contributed by atoms with E-state index >= 15 is 0 Å². The van der Waals surface area contributed by atoms with E-state index in [0.717, 1.165) is 5.69 Å². The van der Waals surface area contributed by atoms with Gasteiger partial charge in [-0.15, -0.1) is 21.1 Å². The molecule has 3 aromatic rings. The molecule has 130 valence electrons. The summed E-state index contributed by atoms with van der Waals surface area (Å²) in [5.41, 5.74) is 1.25. The summed E-state index contributed by atoms with van der Waals surface area (Å²) in [6.45, 7) is 8.03. The first-order valence-electron chi connectivity index (χ1n) is 7.29. The second-order valence-electron chi connectivity index (χ2n) is 4.72. The van der Waals surface area contributed by atoms with E-state index in [2.05, 4.69) is 29.7 Å². The van der Waals surface area contributed by atoms with Gasteiger partial charge < -0.3 is 9.97 Å². The second kappa shape index (κ2) is 9.94. The number of carbonyl (C=O) groups excluding carboxylic acids is 1. The molecule has 0 saturated carbocycles. The highest BCUT2D eigenvalue weighted by atomic mass is 127. The number of H-pyrrole nitrogens is 2. The van der Waals surface area contributed by atoms with Crippen molar-refractivity contribution in [3.05, 3.63) is 44.5 Å². The molecule has 3 rings (SSSR count). The van der Waals surface area contributed by atoms with Crippen molar-refractivity contribution in [1.82, 2.24) is 19.9 Å². The van der Waals surface area contributed by atoms with Gasteiger partial charge in [-0.25, -0.2) is 9.97 Å². The molecule has 0 unspecified atom stereocenters. The van der Waals surface area contributed by atoms with Crippen molar-refractivity contribution in [1.29, 1.82) is 0 Å². The van der Waals surface area contributed by atoms with E-state index in [1.807, 2.05) is 54.3 Å². The predicted octanol–water partition coefficient (Wildman–Crippen LogP) is 4.35. The van der Waals surface area contributed by atoms with Crippen LogP contribution in [0, 0.1) is 0 Å². The van der Waals surface area contributed by atoms with Gasteiger partial charge in [-0.3, -0.25) is 9.59 Å². The number of nitrogens with one attached hydrogen (secondary N) is 2. The molecule has 0 amide bonds. The highest BCUT2D eigenvalue weighted by Crippen LogP contribution is 2.22. The van der Waals surface area contributed by atoms with Gasteiger partial charge in [0.05, 0.1) is 23.0 Å². The molecule has 0 saturated heterocycles. The molecule has 3 aromatic heterocycles. The predicted molar refractivity (Wildman–Crippen MR) is 111 cm³/mol. The molecule has 2 N–H and O–H groups in total. The summed E-state index contributed by atoms with van der Waals surface area (Å²) in [6, 6.07) is 0. The van der Waals surface area contributed by atoms with E-state index in [1.165, 1.54) is 23.9 Å². The third-order valence-electron chi connectivity index (χ3n) is 3.03. The van der Waals surface area contributed by atoms with Crippen molar-refractivity contribution >= 4 is 59.2 Å². The van der Waals surface area contributed by atoms with Crippen LogP contribution < -0.4 is 5.56 Å². The standard InChI is InChI=1S/C13H12N4O2S.C2H6.HIS/c1-6(2)8-4-20-13(17-8)10(18)7-3-14-11-9(7)12(19)16-5-15-11;2*1-2/h3-6H,1-2H3,(H2,14,15,16,19);1-2H3;2H. The lowest BCUT2D eigenvalue weighted by atomic mass is 10.1. The van der Waals surface area contributed by atoms with Crippen LogP contribution in [0.25, 0.3) is 11.0 Å². The van der Waals surface area contributed by atoms with Crippen molar-refractivity contribution in [2.24, 2.45) is 0 Å². The van der Waals surface area contributed by atoms with E-state index in [1.54, 1.807) is 0 Å². The maximum absolute atomic E-state index is 12.5. The monoisotopic (exact) mass is 478 g/mol. The summed E-state index contributed by atoms with van der Waals surface area (Å²) in [6.07, 6.45) is 2.81. The maximum Gasteiger partial charge on any atom is 0.260 e. The summed E-state index contributed by atoms with van der Waals surface area (Å²) in [5.74, 6) is 0.00693. The Morgan fingerprint density at radius 3 is 2.54 bits per heavy atom. The number of halogens is 1. The van der Waals surface area contributed by atoms with Crippen LogP contribution in [0.5, 0.6) is 0 Å². The average Bonchev–Trinajstić information content (AvgIpc) is 3.26. The Morgan fingerprint density at radius 1 is 1.29 bits per heavy atom. The van der Waals surface area contributed by atoms with Crippen molar-refractivity contribution in [2.45, 2.75) is 33.6 Å². The zero-order valence-electron chi connectivity index (χ0n) is 13.8. The number of aromatic amines is 2. The number of ketones is 1. The first-order valence-corrected chi connectivity index (χ1v) is 11.4. The molecule has 6 nitrogen and oxygen atoms in total. The highest BCUT2D eigenvalue weighted by Gasteiger charge is 2.20. The Bertz CT molecular complexity index is 854. The number of carbonyl (C=O) groups is 1. The Morgan fingerprint density at radius 2 is 1.96 bits per heavy atom. The molecular formula is C15H19IN4O2S2. The third kappa shape index (κ3) is 4.45. The van der Waals surface area contributed by atoms with E-state index in [9.17, 15) is 9.59 Å². The number of fused-ring (bicyclic) bond motifs is 1. The molecule has 9 heteroatoms. The third-order valence-corrected chi connectivity index (χ3v) is 3.89. The van der Waals surface area contributed by atoms with Gasteiger partial charge in [-0.05, 0) is 27.1 Å². The minimum Gasteiger partial charge on any atom is -0.345 e. The van der Waals surface area contributed by atoms with Gasteiger partial charge in [0.15, 0.2) is 5.01 Å². The minimum atomic E-state index is -0.333. The van der Waals surface area contributed by atoms with E-state index < -0.39 is 0 Å².